The van der Waals surface area contributed by atoms with E-state index in [1.807, 2.05) is 0 Å². The van der Waals surface area contributed by atoms with Gasteiger partial charge in [0, 0.05) is 12.2 Å². The van der Waals surface area contributed by atoms with E-state index >= 15 is 0 Å². The van der Waals surface area contributed by atoms with Gasteiger partial charge in [0.25, 0.3) is 0 Å². The highest BCUT2D eigenvalue weighted by atomic mass is 19.4. The van der Waals surface area contributed by atoms with Crippen LogP contribution in [0.2, 0.25) is 0 Å². The largest absolute Gasteiger partial charge is 0.416 e. The molecule has 3 nitrogen and oxygen atoms in total. The molecule has 2 rings (SSSR count). The third-order valence-corrected chi connectivity index (χ3v) is 4.07. The molecule has 0 amide bonds. The minimum absolute atomic E-state index is 0.126. The maximum absolute atomic E-state index is 13.1. The number of piperidine rings is 1. The molecule has 0 atom stereocenters. The van der Waals surface area contributed by atoms with E-state index in [1.54, 1.807) is 0 Å². The first kappa shape index (κ1) is 16.1. The van der Waals surface area contributed by atoms with Gasteiger partial charge < -0.3 is 15.7 Å². The lowest BCUT2D eigenvalue weighted by Crippen LogP contribution is -2.36. The zero-order valence-corrected chi connectivity index (χ0v) is 11.9. The number of nitrogens with zero attached hydrogens (tertiary/aromatic N) is 1. The van der Waals surface area contributed by atoms with E-state index < -0.39 is 11.7 Å². The van der Waals surface area contributed by atoms with Crippen LogP contribution in [0.1, 0.15) is 24.0 Å². The van der Waals surface area contributed by atoms with Crippen molar-refractivity contribution in [1.82, 2.24) is 4.90 Å². The van der Waals surface area contributed by atoms with Crippen molar-refractivity contribution < 1.29 is 18.3 Å². The molecule has 1 fully saturated rings. The van der Waals surface area contributed by atoms with Gasteiger partial charge in [-0.2, -0.15) is 13.2 Å². The Balaban J connectivity index is 2.04. The Kier molecular flexibility index (Phi) is 5.11. The van der Waals surface area contributed by atoms with Gasteiger partial charge in [-0.05, 0) is 56.0 Å². The molecule has 0 saturated carbocycles. The molecule has 0 radical (unpaired) electrons. The molecule has 1 aliphatic rings. The molecule has 0 unspecified atom stereocenters. The summed E-state index contributed by atoms with van der Waals surface area (Å²) in [5.74, 6) is 0.254. The van der Waals surface area contributed by atoms with E-state index in [0.717, 1.165) is 32.0 Å². The lowest BCUT2D eigenvalue weighted by Gasteiger charge is -2.31. The van der Waals surface area contributed by atoms with Gasteiger partial charge in [0.2, 0.25) is 0 Å². The molecular weight excluding hydrogens is 281 g/mol. The molecule has 21 heavy (non-hydrogen) atoms. The second-order valence-corrected chi connectivity index (χ2v) is 5.63. The number of halogens is 3. The Morgan fingerprint density at radius 1 is 1.24 bits per heavy atom. The molecule has 6 heteroatoms. The average molecular weight is 302 g/mol. The smallest absolute Gasteiger partial charge is 0.399 e. The maximum atomic E-state index is 13.1. The van der Waals surface area contributed by atoms with Crippen molar-refractivity contribution in [2.45, 2.75) is 25.4 Å². The second-order valence-electron chi connectivity index (χ2n) is 5.63. The number of hydrogen-bond acceptors (Lipinski definition) is 3. The zero-order chi connectivity index (χ0) is 15.5. The maximum Gasteiger partial charge on any atom is 0.416 e. The monoisotopic (exact) mass is 302 g/mol. The van der Waals surface area contributed by atoms with Gasteiger partial charge in [-0.25, -0.2) is 0 Å². The van der Waals surface area contributed by atoms with Gasteiger partial charge in [0.1, 0.15) is 0 Å². The number of alkyl halides is 3. The molecule has 1 aromatic rings. The number of hydrogen-bond donors (Lipinski definition) is 2. The highest BCUT2D eigenvalue weighted by molar-refractivity contribution is 5.46. The topological polar surface area (TPSA) is 49.5 Å². The Morgan fingerprint density at radius 3 is 2.48 bits per heavy atom. The molecule has 0 aromatic heterocycles. The Hall–Kier alpha value is -1.27. The number of likely N-dealkylation sites (tertiary alicyclic amines) is 1. The van der Waals surface area contributed by atoms with E-state index in [0.29, 0.717) is 18.5 Å². The Bertz CT molecular complexity index is 468. The molecule has 1 heterocycles. The van der Waals surface area contributed by atoms with Crippen LogP contribution >= 0.6 is 0 Å². The minimum Gasteiger partial charge on any atom is -0.399 e. The quantitative estimate of drug-likeness (QED) is 0.840. The van der Waals surface area contributed by atoms with Crippen molar-refractivity contribution >= 4 is 5.69 Å². The van der Waals surface area contributed by atoms with Crippen LogP contribution in [0.15, 0.2) is 18.2 Å². The summed E-state index contributed by atoms with van der Waals surface area (Å²) < 4.78 is 39.2. The molecule has 0 spiro atoms. The van der Waals surface area contributed by atoms with E-state index in [9.17, 15) is 13.2 Å². The standard InChI is InChI=1S/C15H21F3N2O/c16-15(17,18)14-10-13(19)2-1-12(14)9-11-3-5-20(6-4-11)7-8-21/h1-2,10-11,21H,3-9,19H2. The van der Waals surface area contributed by atoms with Gasteiger partial charge >= 0.3 is 6.18 Å². The van der Waals surface area contributed by atoms with Crippen molar-refractivity contribution in [2.24, 2.45) is 5.92 Å². The third-order valence-electron chi connectivity index (χ3n) is 4.07. The van der Waals surface area contributed by atoms with Gasteiger partial charge in [-0.3, -0.25) is 0 Å². The van der Waals surface area contributed by atoms with Crippen LogP contribution in [-0.4, -0.2) is 36.2 Å². The van der Waals surface area contributed by atoms with Crippen LogP contribution in [-0.2, 0) is 12.6 Å². The zero-order valence-electron chi connectivity index (χ0n) is 11.9. The summed E-state index contributed by atoms with van der Waals surface area (Å²) in [6, 6.07) is 4.06. The molecule has 1 aliphatic heterocycles. The fourth-order valence-electron chi connectivity index (χ4n) is 2.90. The lowest BCUT2D eigenvalue weighted by atomic mass is 9.88. The van der Waals surface area contributed by atoms with Crippen LogP contribution in [0.4, 0.5) is 18.9 Å². The number of rotatable bonds is 4. The molecule has 1 aromatic carbocycles. The predicted octanol–water partition coefficient (Wildman–Crippen LogP) is 2.53. The van der Waals surface area contributed by atoms with Crippen LogP contribution in [0.3, 0.4) is 0 Å². The van der Waals surface area contributed by atoms with Gasteiger partial charge in [0.15, 0.2) is 0 Å². The predicted molar refractivity (Wildman–Crippen MR) is 75.8 cm³/mol. The third kappa shape index (κ3) is 4.35. The van der Waals surface area contributed by atoms with Gasteiger partial charge in [-0.1, -0.05) is 6.07 Å². The Morgan fingerprint density at radius 2 is 1.90 bits per heavy atom. The second kappa shape index (κ2) is 6.66. The number of nitrogens with two attached hydrogens (primary N) is 1. The van der Waals surface area contributed by atoms with Crippen LogP contribution in [0, 0.1) is 5.92 Å². The van der Waals surface area contributed by atoms with Crippen molar-refractivity contribution in [3.05, 3.63) is 29.3 Å². The molecule has 3 N–H and O–H groups in total. The molecule has 118 valence electrons. The van der Waals surface area contributed by atoms with Crippen molar-refractivity contribution in [2.75, 3.05) is 32.0 Å². The van der Waals surface area contributed by atoms with Crippen molar-refractivity contribution in [3.8, 4) is 0 Å². The fraction of sp³-hybridized carbons (Fsp3) is 0.600. The van der Waals surface area contributed by atoms with E-state index in [1.165, 1.54) is 12.1 Å². The first-order chi connectivity index (χ1) is 9.90. The molecular formula is C15H21F3N2O. The normalized spacial score (nSPS) is 18.1. The minimum atomic E-state index is -4.36. The first-order valence-corrected chi connectivity index (χ1v) is 7.19. The van der Waals surface area contributed by atoms with Gasteiger partial charge in [-0.15, -0.1) is 0 Å². The van der Waals surface area contributed by atoms with Gasteiger partial charge in [0.05, 0.1) is 12.2 Å². The number of β-amino-alcohol motifs (C(OH)–C–C–N with tert-alkyl or cyclic N) is 1. The summed E-state index contributed by atoms with van der Waals surface area (Å²) in [6.45, 7) is 2.44. The van der Waals surface area contributed by atoms with E-state index in [2.05, 4.69) is 4.90 Å². The highest BCUT2D eigenvalue weighted by Gasteiger charge is 2.34. The van der Waals surface area contributed by atoms with Crippen molar-refractivity contribution in [3.63, 3.8) is 0 Å². The van der Waals surface area contributed by atoms with Crippen molar-refractivity contribution in [1.29, 1.82) is 0 Å². The summed E-state index contributed by atoms with van der Waals surface area (Å²) in [6.07, 6.45) is -2.20. The number of benzene rings is 1. The van der Waals surface area contributed by atoms with Crippen LogP contribution in [0.25, 0.3) is 0 Å². The molecule has 0 bridgehead atoms. The molecule has 0 aliphatic carbocycles. The number of anilines is 1. The van der Waals surface area contributed by atoms with Crippen LogP contribution < -0.4 is 5.73 Å². The molecule has 1 saturated heterocycles. The summed E-state index contributed by atoms with van der Waals surface area (Å²) >= 11 is 0. The summed E-state index contributed by atoms with van der Waals surface area (Å²) in [4.78, 5) is 2.14. The first-order valence-electron chi connectivity index (χ1n) is 7.19. The fourth-order valence-corrected chi connectivity index (χ4v) is 2.90. The number of aliphatic hydroxyl groups is 1. The number of nitrogen functional groups attached to an aromatic ring is 1. The lowest BCUT2D eigenvalue weighted by molar-refractivity contribution is -0.138. The number of aliphatic hydroxyl groups excluding tert-OH is 1. The summed E-state index contributed by atoms with van der Waals surface area (Å²) in [5.41, 5.74) is 5.34. The summed E-state index contributed by atoms with van der Waals surface area (Å²) in [7, 11) is 0. The van der Waals surface area contributed by atoms with Crippen LogP contribution in [0.5, 0.6) is 0 Å². The van der Waals surface area contributed by atoms with E-state index in [-0.39, 0.29) is 18.2 Å². The average Bonchev–Trinajstić information content (AvgIpc) is 2.42. The van der Waals surface area contributed by atoms with E-state index in [4.69, 9.17) is 10.8 Å². The summed E-state index contributed by atoms with van der Waals surface area (Å²) in [5, 5.41) is 8.89. The Labute approximate surface area is 122 Å². The SMILES string of the molecule is Nc1ccc(CC2CCN(CCO)CC2)c(C(F)(F)F)c1. The highest BCUT2D eigenvalue weighted by Crippen LogP contribution is 2.35.